The zero-order valence-electron chi connectivity index (χ0n) is 16.9. The number of nitrogens with one attached hydrogen (secondary N) is 1. The predicted octanol–water partition coefficient (Wildman–Crippen LogP) is 4.32. The molecule has 1 amide bonds. The minimum Gasteiger partial charge on any atom is -0.467 e. The van der Waals surface area contributed by atoms with Crippen molar-refractivity contribution in [2.24, 2.45) is 0 Å². The number of rotatable bonds is 8. The van der Waals surface area contributed by atoms with Crippen LogP contribution in [0.3, 0.4) is 0 Å². The molecule has 160 valence electrons. The summed E-state index contributed by atoms with van der Waals surface area (Å²) in [5, 5.41) is 0. The molecular weight excluding hydrogens is 427 g/mol. The fourth-order valence-corrected chi connectivity index (χ4v) is 5.12. The Morgan fingerprint density at radius 2 is 1.97 bits per heavy atom. The Hall–Kier alpha value is -2.49. The van der Waals surface area contributed by atoms with Crippen molar-refractivity contribution in [3.05, 3.63) is 75.6 Å². The second-order valence-corrected chi connectivity index (χ2v) is 10.3. The summed E-state index contributed by atoms with van der Waals surface area (Å²) >= 11 is 1.54. The number of sulfonamides is 1. The van der Waals surface area contributed by atoms with Crippen LogP contribution in [0.2, 0.25) is 0 Å². The van der Waals surface area contributed by atoms with Crippen LogP contribution in [0.25, 0.3) is 0 Å². The quantitative estimate of drug-likeness (QED) is 0.554. The van der Waals surface area contributed by atoms with Crippen molar-refractivity contribution in [1.82, 2.24) is 9.62 Å². The van der Waals surface area contributed by atoms with Gasteiger partial charge in [-0.2, -0.15) is 0 Å². The van der Waals surface area contributed by atoms with Gasteiger partial charge in [0.25, 0.3) is 5.91 Å². The Morgan fingerprint density at radius 1 is 1.20 bits per heavy atom. The topological polar surface area (TPSA) is 79.6 Å². The number of nitrogens with zero attached hydrogens (tertiary/aromatic N) is 1. The molecule has 0 fully saturated rings. The first-order valence-electron chi connectivity index (χ1n) is 9.34. The van der Waals surface area contributed by atoms with Gasteiger partial charge in [-0.15, -0.1) is 11.3 Å². The minimum atomic E-state index is -3.87. The van der Waals surface area contributed by atoms with Gasteiger partial charge >= 0.3 is 0 Å². The van der Waals surface area contributed by atoms with E-state index in [9.17, 15) is 17.6 Å². The Morgan fingerprint density at radius 3 is 2.57 bits per heavy atom. The van der Waals surface area contributed by atoms with Gasteiger partial charge in [-0.3, -0.25) is 4.79 Å². The first-order valence-corrected chi connectivity index (χ1v) is 11.6. The zero-order valence-corrected chi connectivity index (χ0v) is 18.5. The van der Waals surface area contributed by atoms with Crippen LogP contribution in [0.4, 0.5) is 4.39 Å². The van der Waals surface area contributed by atoms with Gasteiger partial charge in [-0.1, -0.05) is 0 Å². The van der Waals surface area contributed by atoms with Crippen LogP contribution in [0.5, 0.6) is 0 Å². The van der Waals surface area contributed by atoms with Gasteiger partial charge < -0.3 is 9.32 Å². The number of hydrogen-bond donors (Lipinski definition) is 1. The third-order valence-electron chi connectivity index (χ3n) is 4.23. The molecule has 30 heavy (non-hydrogen) atoms. The number of furan rings is 1. The van der Waals surface area contributed by atoms with Crippen molar-refractivity contribution in [3.63, 3.8) is 0 Å². The zero-order chi connectivity index (χ0) is 21.9. The number of halogens is 1. The van der Waals surface area contributed by atoms with E-state index in [4.69, 9.17) is 4.42 Å². The van der Waals surface area contributed by atoms with Crippen molar-refractivity contribution < 1.29 is 22.0 Å². The lowest BCUT2D eigenvalue weighted by atomic mass is 10.1. The molecule has 0 saturated heterocycles. The number of amides is 1. The molecule has 3 aromatic rings. The second kappa shape index (κ2) is 9.11. The van der Waals surface area contributed by atoms with Crippen LogP contribution in [-0.2, 0) is 23.1 Å². The molecule has 1 aromatic carbocycles. The number of benzene rings is 1. The van der Waals surface area contributed by atoms with Crippen LogP contribution < -0.4 is 4.72 Å². The average Bonchev–Trinajstić information content (AvgIpc) is 3.31. The molecule has 9 heteroatoms. The van der Waals surface area contributed by atoms with Gasteiger partial charge in [-0.25, -0.2) is 17.5 Å². The third-order valence-corrected chi connectivity index (χ3v) is 6.87. The first kappa shape index (κ1) is 22.2. The SMILES string of the molecule is Cc1ccc(CN(Cc2ccco2)C(=O)c2cc(S(=O)(=O)NC(C)C)ccc2F)s1. The maximum absolute atomic E-state index is 14.6. The standard InChI is InChI=1S/C21H23FN2O4S2/c1-14(2)23-30(26,27)18-8-9-20(22)19(11-18)21(25)24(12-16-5-4-10-28-16)13-17-7-6-15(3)29-17/h4-11,14,23H,12-13H2,1-3H3. The normalized spacial score (nSPS) is 11.8. The Bertz CT molecular complexity index is 1120. The van der Waals surface area contributed by atoms with Crippen LogP contribution >= 0.6 is 11.3 Å². The van der Waals surface area contributed by atoms with Gasteiger partial charge in [0.05, 0.1) is 29.8 Å². The van der Waals surface area contributed by atoms with Crippen molar-refractivity contribution in [1.29, 1.82) is 0 Å². The highest BCUT2D eigenvalue weighted by atomic mass is 32.2. The Balaban J connectivity index is 1.95. The van der Waals surface area contributed by atoms with Gasteiger partial charge in [0.2, 0.25) is 10.0 Å². The molecule has 0 bridgehead atoms. The maximum atomic E-state index is 14.6. The molecular formula is C21H23FN2O4S2. The maximum Gasteiger partial charge on any atom is 0.257 e. The lowest BCUT2D eigenvalue weighted by Gasteiger charge is -2.22. The Kier molecular flexibility index (Phi) is 6.74. The van der Waals surface area contributed by atoms with E-state index in [0.29, 0.717) is 5.76 Å². The van der Waals surface area contributed by atoms with Crippen molar-refractivity contribution in [3.8, 4) is 0 Å². The number of carbonyl (C=O) groups excluding carboxylic acids is 1. The summed E-state index contributed by atoms with van der Waals surface area (Å²) in [5.74, 6) is -0.853. The number of thiophene rings is 1. The molecule has 0 aliphatic rings. The first-order chi connectivity index (χ1) is 14.2. The lowest BCUT2D eigenvalue weighted by Crippen LogP contribution is -2.32. The molecule has 2 aromatic heterocycles. The van der Waals surface area contributed by atoms with Crippen LogP contribution in [-0.4, -0.2) is 25.3 Å². The van der Waals surface area contributed by atoms with E-state index in [1.54, 1.807) is 26.0 Å². The van der Waals surface area contributed by atoms with E-state index in [1.807, 2.05) is 19.1 Å². The van der Waals surface area contributed by atoms with E-state index >= 15 is 0 Å². The number of carbonyl (C=O) groups is 1. The largest absolute Gasteiger partial charge is 0.467 e. The summed E-state index contributed by atoms with van der Waals surface area (Å²) in [6.07, 6.45) is 1.50. The van der Waals surface area contributed by atoms with Crippen LogP contribution in [0, 0.1) is 12.7 Å². The summed E-state index contributed by atoms with van der Waals surface area (Å²) in [6, 6.07) is 10.2. The Labute approximate surface area is 179 Å². The van der Waals surface area contributed by atoms with Crippen molar-refractivity contribution in [2.75, 3.05) is 0 Å². The fraction of sp³-hybridized carbons (Fsp3) is 0.286. The minimum absolute atomic E-state index is 0.128. The lowest BCUT2D eigenvalue weighted by molar-refractivity contribution is 0.0714. The molecule has 3 rings (SSSR count). The van der Waals surface area contributed by atoms with Crippen molar-refractivity contribution in [2.45, 2.75) is 44.8 Å². The molecule has 6 nitrogen and oxygen atoms in total. The smallest absolute Gasteiger partial charge is 0.257 e. The van der Waals surface area contributed by atoms with Gasteiger partial charge in [-0.05, 0) is 63.2 Å². The molecule has 2 heterocycles. The molecule has 0 unspecified atom stereocenters. The highest BCUT2D eigenvalue weighted by Gasteiger charge is 2.25. The monoisotopic (exact) mass is 450 g/mol. The fourth-order valence-electron chi connectivity index (χ4n) is 2.93. The molecule has 0 atom stereocenters. The molecule has 1 N–H and O–H groups in total. The molecule has 0 aliphatic carbocycles. The van der Waals surface area contributed by atoms with E-state index < -0.39 is 21.7 Å². The summed E-state index contributed by atoms with van der Waals surface area (Å²) in [7, 11) is -3.87. The number of hydrogen-bond acceptors (Lipinski definition) is 5. The average molecular weight is 451 g/mol. The van der Waals surface area contributed by atoms with Crippen molar-refractivity contribution >= 4 is 27.3 Å². The van der Waals surface area contributed by atoms with Gasteiger partial charge in [0, 0.05) is 15.8 Å². The van der Waals surface area contributed by atoms with Crippen LogP contribution in [0.1, 0.15) is 39.7 Å². The van der Waals surface area contributed by atoms with E-state index in [0.717, 1.165) is 28.0 Å². The second-order valence-electron chi connectivity index (χ2n) is 7.17. The summed E-state index contributed by atoms with van der Waals surface area (Å²) < 4.78 is 47.3. The summed E-state index contributed by atoms with van der Waals surface area (Å²) in [4.78, 5) is 16.5. The van der Waals surface area contributed by atoms with Crippen LogP contribution in [0.15, 0.2) is 58.0 Å². The highest BCUT2D eigenvalue weighted by molar-refractivity contribution is 7.89. The summed E-state index contributed by atoms with van der Waals surface area (Å²) in [6.45, 7) is 5.70. The molecule has 0 radical (unpaired) electrons. The van der Waals surface area contributed by atoms with E-state index in [1.165, 1.54) is 22.5 Å². The predicted molar refractivity (Wildman–Crippen MR) is 113 cm³/mol. The third kappa shape index (κ3) is 5.35. The molecule has 0 spiro atoms. The van der Waals surface area contributed by atoms with E-state index in [2.05, 4.69) is 4.72 Å². The van der Waals surface area contributed by atoms with Gasteiger partial charge in [0.1, 0.15) is 11.6 Å². The van der Waals surface area contributed by atoms with E-state index in [-0.39, 0.29) is 29.6 Å². The van der Waals surface area contributed by atoms with Gasteiger partial charge in [0.15, 0.2) is 0 Å². The molecule has 0 aliphatic heterocycles. The molecule has 0 saturated carbocycles. The number of aryl methyl sites for hydroxylation is 1. The highest BCUT2D eigenvalue weighted by Crippen LogP contribution is 2.23. The summed E-state index contributed by atoms with van der Waals surface area (Å²) in [5.41, 5.74) is -0.304.